The second-order valence-electron chi connectivity index (χ2n) is 9.70. The molecule has 1 aliphatic rings. The number of nitrogen functional groups attached to an aromatic ring is 1. The van der Waals surface area contributed by atoms with Crippen LogP contribution in [0.15, 0.2) is 91.1 Å². The number of para-hydroxylation sites is 2. The topological polar surface area (TPSA) is 180 Å². The maximum absolute atomic E-state index is 13.1. The summed E-state index contributed by atoms with van der Waals surface area (Å²) in [5.41, 5.74) is 7.42. The number of aliphatic hydroxyl groups excluding tert-OH is 1. The average Bonchev–Trinajstić information content (AvgIpc) is 3.38. The lowest BCUT2D eigenvalue weighted by Gasteiger charge is -2.44. The molecule has 42 heavy (non-hydrogen) atoms. The molecule has 1 aliphatic heterocycles. The van der Waals surface area contributed by atoms with Gasteiger partial charge in [0.1, 0.15) is 24.9 Å². The molecule has 5 rings (SSSR count). The molecule has 0 spiro atoms. The number of anilines is 1. The van der Waals surface area contributed by atoms with Gasteiger partial charge in [-0.3, -0.25) is 9.32 Å². The molecule has 1 fully saturated rings. The second kappa shape index (κ2) is 12.5. The van der Waals surface area contributed by atoms with Gasteiger partial charge in [0.15, 0.2) is 12.3 Å². The molecule has 220 valence electrons. The molecule has 0 saturated carbocycles. The summed E-state index contributed by atoms with van der Waals surface area (Å²) < 4.78 is 35.9. The number of aromatic nitrogens is 1. The predicted octanol–water partition coefficient (Wildman–Crippen LogP) is 2.97. The van der Waals surface area contributed by atoms with Crippen LogP contribution in [0.1, 0.15) is 22.1 Å². The van der Waals surface area contributed by atoms with Crippen molar-refractivity contribution in [2.45, 2.75) is 37.1 Å². The number of carbonyl (C=O) groups excluding carboxylic acids is 2. The van der Waals surface area contributed by atoms with Crippen molar-refractivity contribution in [3.8, 4) is 0 Å². The van der Waals surface area contributed by atoms with Crippen molar-refractivity contribution in [2.75, 3.05) is 12.3 Å². The summed E-state index contributed by atoms with van der Waals surface area (Å²) in [5, 5.41) is 12.0. The number of ether oxygens (including phenoxy) is 3. The number of hydrogen-bond acceptors (Lipinski definition) is 9. The molecule has 0 bridgehead atoms. The fourth-order valence-electron chi connectivity index (χ4n) is 4.87. The summed E-state index contributed by atoms with van der Waals surface area (Å²) in [5.74, 6) is -1.54. The van der Waals surface area contributed by atoms with E-state index in [2.05, 4.69) is 0 Å². The standard InChI is InChI=1S/C29H29N2O10P/c30-21-12-6-5-11-20(21)29(34)38-17-23-25(33)26(41-42(35,36)37)27(40-24(32)16-18-8-2-1-3-9-18)28(39-23)31-15-14-19-10-4-7-13-22(19)31/h1-15,23,25-28,33H,16-17,30H2,(H2,35,36,37). The molecule has 5 N–H and O–H groups in total. The summed E-state index contributed by atoms with van der Waals surface area (Å²) in [4.78, 5) is 45.3. The van der Waals surface area contributed by atoms with E-state index in [-0.39, 0.29) is 17.7 Å². The fraction of sp³-hybridized carbons (Fsp3) is 0.241. The van der Waals surface area contributed by atoms with E-state index < -0.39 is 57.0 Å². The molecule has 12 nitrogen and oxygen atoms in total. The number of hydrogen-bond donors (Lipinski definition) is 4. The van der Waals surface area contributed by atoms with Crippen LogP contribution in [-0.2, 0) is 34.5 Å². The van der Waals surface area contributed by atoms with Crippen molar-refractivity contribution >= 4 is 36.4 Å². The van der Waals surface area contributed by atoms with Gasteiger partial charge in [0.2, 0.25) is 0 Å². The van der Waals surface area contributed by atoms with Gasteiger partial charge in [-0.05, 0) is 35.2 Å². The highest BCUT2D eigenvalue weighted by Gasteiger charge is 2.51. The first-order valence-electron chi connectivity index (χ1n) is 13.0. The van der Waals surface area contributed by atoms with Crippen LogP contribution in [0.25, 0.3) is 10.9 Å². The minimum Gasteiger partial charge on any atom is -0.459 e. The number of aliphatic hydroxyl groups is 1. The molecule has 4 aromatic rings. The smallest absolute Gasteiger partial charge is 0.459 e. The number of nitrogens with two attached hydrogens (primary N) is 1. The van der Waals surface area contributed by atoms with Crippen LogP contribution in [0.2, 0.25) is 0 Å². The maximum Gasteiger partial charge on any atom is 0.470 e. The van der Waals surface area contributed by atoms with Crippen LogP contribution in [-0.4, -0.2) is 62.4 Å². The predicted molar refractivity (Wildman–Crippen MR) is 150 cm³/mol. The van der Waals surface area contributed by atoms with Crippen LogP contribution in [0.5, 0.6) is 0 Å². The third-order valence-electron chi connectivity index (χ3n) is 6.82. The van der Waals surface area contributed by atoms with Gasteiger partial charge in [0.25, 0.3) is 0 Å². The summed E-state index contributed by atoms with van der Waals surface area (Å²) in [6.07, 6.45) is -6.17. The zero-order chi connectivity index (χ0) is 29.9. The minimum absolute atomic E-state index is 0.0893. The molecule has 1 saturated heterocycles. The van der Waals surface area contributed by atoms with Crippen LogP contribution >= 0.6 is 7.82 Å². The zero-order valence-electron chi connectivity index (χ0n) is 22.1. The first-order valence-corrected chi connectivity index (χ1v) is 14.5. The van der Waals surface area contributed by atoms with Crippen molar-refractivity contribution in [1.82, 2.24) is 4.57 Å². The molecule has 5 unspecified atom stereocenters. The minimum atomic E-state index is -5.23. The lowest BCUT2D eigenvalue weighted by atomic mass is 9.97. The van der Waals surface area contributed by atoms with Gasteiger partial charge in [0.05, 0.1) is 17.5 Å². The van der Waals surface area contributed by atoms with Crippen molar-refractivity contribution in [3.05, 3.63) is 102 Å². The highest BCUT2D eigenvalue weighted by Crippen LogP contribution is 2.44. The Morgan fingerprint density at radius 2 is 1.62 bits per heavy atom. The lowest BCUT2D eigenvalue weighted by molar-refractivity contribution is -0.254. The number of fused-ring (bicyclic) bond motifs is 1. The number of nitrogens with zero attached hydrogens (tertiary/aromatic N) is 1. The molecule has 2 heterocycles. The molecule has 0 radical (unpaired) electrons. The summed E-state index contributed by atoms with van der Waals surface area (Å²) in [6.45, 7) is -0.532. The Labute approximate surface area is 240 Å². The highest BCUT2D eigenvalue weighted by atomic mass is 31.2. The van der Waals surface area contributed by atoms with E-state index in [1.807, 2.05) is 12.1 Å². The lowest BCUT2D eigenvalue weighted by Crippen LogP contribution is -2.58. The van der Waals surface area contributed by atoms with E-state index in [1.165, 1.54) is 12.1 Å². The maximum atomic E-state index is 13.1. The quantitative estimate of drug-likeness (QED) is 0.127. The Morgan fingerprint density at radius 3 is 2.36 bits per heavy atom. The fourth-order valence-corrected chi connectivity index (χ4v) is 5.44. The first-order chi connectivity index (χ1) is 20.1. The SMILES string of the molecule is Nc1ccccc1C(=O)OCC1OC(n2ccc3ccccc32)C(OC(=O)Cc2ccccc2)C(OP(=O)(O)O)C1O. The van der Waals surface area contributed by atoms with Crippen LogP contribution in [0.4, 0.5) is 5.69 Å². The Kier molecular flexibility index (Phi) is 8.74. The van der Waals surface area contributed by atoms with Crippen molar-refractivity contribution in [2.24, 2.45) is 0 Å². The summed E-state index contributed by atoms with van der Waals surface area (Å²) in [6, 6.07) is 24.0. The normalized spacial score (nSPS) is 22.5. The van der Waals surface area contributed by atoms with Gasteiger partial charge in [-0.2, -0.15) is 0 Å². The Morgan fingerprint density at radius 1 is 0.929 bits per heavy atom. The Balaban J connectivity index is 1.48. The third kappa shape index (κ3) is 6.71. The van der Waals surface area contributed by atoms with Gasteiger partial charge < -0.3 is 39.4 Å². The van der Waals surface area contributed by atoms with E-state index in [1.54, 1.807) is 71.4 Å². The highest BCUT2D eigenvalue weighted by molar-refractivity contribution is 7.46. The van der Waals surface area contributed by atoms with Crippen LogP contribution in [0, 0.1) is 0 Å². The van der Waals surface area contributed by atoms with Crippen molar-refractivity contribution in [1.29, 1.82) is 0 Å². The molecular weight excluding hydrogens is 567 g/mol. The Hall–Kier alpha value is -4.03. The number of phosphoric acid groups is 1. The van der Waals surface area contributed by atoms with Gasteiger partial charge in [-0.25, -0.2) is 9.36 Å². The molecule has 3 aromatic carbocycles. The van der Waals surface area contributed by atoms with Crippen LogP contribution < -0.4 is 5.73 Å². The molecule has 1 aromatic heterocycles. The molecule has 5 atom stereocenters. The van der Waals surface area contributed by atoms with E-state index in [0.717, 1.165) is 5.39 Å². The van der Waals surface area contributed by atoms with E-state index >= 15 is 0 Å². The number of carbonyl (C=O) groups is 2. The second-order valence-corrected chi connectivity index (χ2v) is 10.9. The molecule has 0 aliphatic carbocycles. The first kappa shape index (κ1) is 29.5. The largest absolute Gasteiger partial charge is 0.470 e. The number of benzene rings is 3. The Bertz CT molecular complexity index is 1600. The zero-order valence-corrected chi connectivity index (χ0v) is 23.0. The van der Waals surface area contributed by atoms with Gasteiger partial charge in [-0.15, -0.1) is 0 Å². The number of rotatable bonds is 9. The molecule has 13 heteroatoms. The van der Waals surface area contributed by atoms with Crippen molar-refractivity contribution < 1.29 is 47.8 Å². The van der Waals surface area contributed by atoms with E-state index in [0.29, 0.717) is 11.1 Å². The van der Waals surface area contributed by atoms with E-state index in [4.69, 9.17) is 24.5 Å². The van der Waals surface area contributed by atoms with Crippen LogP contribution in [0.3, 0.4) is 0 Å². The summed E-state index contributed by atoms with van der Waals surface area (Å²) in [7, 11) is -5.23. The molecular formula is C29H29N2O10P. The van der Waals surface area contributed by atoms with Gasteiger partial charge in [0, 0.05) is 11.9 Å². The summed E-state index contributed by atoms with van der Waals surface area (Å²) >= 11 is 0. The third-order valence-corrected chi connectivity index (χ3v) is 7.34. The van der Waals surface area contributed by atoms with E-state index in [9.17, 15) is 29.0 Å². The number of esters is 2. The van der Waals surface area contributed by atoms with Gasteiger partial charge in [-0.1, -0.05) is 60.7 Å². The number of phosphoric ester groups is 1. The van der Waals surface area contributed by atoms with Gasteiger partial charge >= 0.3 is 19.8 Å². The monoisotopic (exact) mass is 596 g/mol. The average molecular weight is 597 g/mol. The molecule has 0 amide bonds. The van der Waals surface area contributed by atoms with Crippen molar-refractivity contribution in [3.63, 3.8) is 0 Å².